The van der Waals surface area contributed by atoms with Crippen molar-refractivity contribution >= 4 is 11.9 Å². The minimum Gasteiger partial charge on any atom is -0.496 e. The van der Waals surface area contributed by atoms with Crippen LogP contribution in [0.5, 0.6) is 5.75 Å². The highest BCUT2D eigenvalue weighted by Crippen LogP contribution is 2.17. The highest BCUT2D eigenvalue weighted by molar-refractivity contribution is 5.85. The Morgan fingerprint density at radius 3 is 2.90 bits per heavy atom. The molecule has 0 amide bonds. The minimum atomic E-state index is -1.07. The van der Waals surface area contributed by atoms with Gasteiger partial charge in [0.25, 0.3) is 0 Å². The molecule has 0 saturated carbocycles. The number of carbonyl (C=O) groups is 1. The van der Waals surface area contributed by atoms with Crippen LogP contribution in [0.25, 0.3) is 0 Å². The molecule has 0 bridgehead atoms. The monoisotopic (exact) mass is 273 g/mol. The van der Waals surface area contributed by atoms with Gasteiger partial charge in [-0.2, -0.15) is 0 Å². The molecule has 0 aliphatic heterocycles. The van der Waals surface area contributed by atoms with Gasteiger partial charge in [-0.3, -0.25) is 0 Å². The number of ether oxygens (including phenoxy) is 1. The van der Waals surface area contributed by atoms with E-state index in [0.29, 0.717) is 12.5 Å². The number of methoxy groups -OCH3 is 1. The van der Waals surface area contributed by atoms with Crippen molar-refractivity contribution in [3.63, 3.8) is 0 Å². The van der Waals surface area contributed by atoms with Crippen molar-refractivity contribution in [2.24, 2.45) is 0 Å². The first-order chi connectivity index (χ1) is 9.70. The number of aromatic nitrogens is 2. The second-order valence-electron chi connectivity index (χ2n) is 4.06. The van der Waals surface area contributed by atoms with E-state index in [1.807, 2.05) is 24.3 Å². The average Bonchev–Trinajstić information content (AvgIpc) is 2.48. The number of carboxylic acid groups (broad SMARTS) is 1. The summed E-state index contributed by atoms with van der Waals surface area (Å²) in [5.41, 5.74) is 1.04. The lowest BCUT2D eigenvalue weighted by molar-refractivity contribution is 0.0690. The van der Waals surface area contributed by atoms with Gasteiger partial charge in [-0.05, 0) is 24.1 Å². The number of carboxylic acids is 1. The molecule has 1 aromatic carbocycles. The van der Waals surface area contributed by atoms with Gasteiger partial charge in [0.15, 0.2) is 5.69 Å². The van der Waals surface area contributed by atoms with Gasteiger partial charge in [-0.1, -0.05) is 18.2 Å². The van der Waals surface area contributed by atoms with Crippen molar-refractivity contribution in [1.29, 1.82) is 0 Å². The predicted octanol–water partition coefficient (Wildman–Crippen LogP) is 1.84. The first-order valence-corrected chi connectivity index (χ1v) is 6.13. The SMILES string of the molecule is COc1ccccc1CCNc1nccc(C(=O)O)n1. The van der Waals surface area contributed by atoms with Crippen LogP contribution in [0.15, 0.2) is 36.5 Å². The van der Waals surface area contributed by atoms with Crippen molar-refractivity contribution in [3.05, 3.63) is 47.8 Å². The number of hydrogen-bond acceptors (Lipinski definition) is 5. The molecule has 2 rings (SSSR count). The highest BCUT2D eigenvalue weighted by Gasteiger charge is 2.06. The summed E-state index contributed by atoms with van der Waals surface area (Å²) in [6.07, 6.45) is 2.15. The maximum Gasteiger partial charge on any atom is 0.354 e. The van der Waals surface area contributed by atoms with Crippen LogP contribution in [-0.4, -0.2) is 34.7 Å². The molecule has 2 N–H and O–H groups in total. The molecule has 0 radical (unpaired) electrons. The van der Waals surface area contributed by atoms with Crippen molar-refractivity contribution in [2.45, 2.75) is 6.42 Å². The molecular weight excluding hydrogens is 258 g/mol. The van der Waals surface area contributed by atoms with E-state index in [1.165, 1.54) is 12.3 Å². The first-order valence-electron chi connectivity index (χ1n) is 6.13. The smallest absolute Gasteiger partial charge is 0.354 e. The third kappa shape index (κ3) is 3.44. The zero-order valence-corrected chi connectivity index (χ0v) is 11.0. The van der Waals surface area contributed by atoms with E-state index in [4.69, 9.17) is 9.84 Å². The summed E-state index contributed by atoms with van der Waals surface area (Å²) in [7, 11) is 1.63. The molecule has 0 spiro atoms. The van der Waals surface area contributed by atoms with E-state index in [9.17, 15) is 4.79 Å². The van der Waals surface area contributed by atoms with Crippen LogP contribution >= 0.6 is 0 Å². The molecule has 1 aromatic heterocycles. The molecular formula is C14H15N3O3. The summed E-state index contributed by atoms with van der Waals surface area (Å²) < 4.78 is 5.26. The van der Waals surface area contributed by atoms with Gasteiger partial charge in [0.2, 0.25) is 5.95 Å². The molecule has 0 saturated heterocycles. The Labute approximate surface area is 116 Å². The number of nitrogens with zero attached hydrogens (tertiary/aromatic N) is 2. The molecule has 20 heavy (non-hydrogen) atoms. The van der Waals surface area contributed by atoms with Crippen molar-refractivity contribution in [2.75, 3.05) is 19.0 Å². The second-order valence-corrected chi connectivity index (χ2v) is 4.06. The fraction of sp³-hybridized carbons (Fsp3) is 0.214. The molecule has 104 valence electrons. The number of hydrogen-bond donors (Lipinski definition) is 2. The summed E-state index contributed by atoms with van der Waals surface area (Å²) in [6, 6.07) is 9.09. The fourth-order valence-electron chi connectivity index (χ4n) is 1.78. The predicted molar refractivity (Wildman–Crippen MR) is 74.2 cm³/mol. The number of nitrogens with one attached hydrogen (secondary N) is 1. The largest absolute Gasteiger partial charge is 0.496 e. The van der Waals surface area contributed by atoms with E-state index < -0.39 is 5.97 Å². The van der Waals surface area contributed by atoms with E-state index in [0.717, 1.165) is 17.7 Å². The zero-order chi connectivity index (χ0) is 14.4. The normalized spacial score (nSPS) is 10.1. The van der Waals surface area contributed by atoms with Gasteiger partial charge in [-0.15, -0.1) is 0 Å². The van der Waals surface area contributed by atoms with Gasteiger partial charge < -0.3 is 15.2 Å². The lowest BCUT2D eigenvalue weighted by atomic mass is 10.1. The number of para-hydroxylation sites is 1. The Morgan fingerprint density at radius 1 is 1.35 bits per heavy atom. The van der Waals surface area contributed by atoms with Crippen LogP contribution in [0.4, 0.5) is 5.95 Å². The number of benzene rings is 1. The molecule has 0 atom stereocenters. The lowest BCUT2D eigenvalue weighted by Gasteiger charge is -2.09. The maximum absolute atomic E-state index is 10.8. The van der Waals surface area contributed by atoms with Crippen LogP contribution in [-0.2, 0) is 6.42 Å². The quantitative estimate of drug-likeness (QED) is 0.835. The van der Waals surface area contributed by atoms with E-state index in [2.05, 4.69) is 15.3 Å². The van der Waals surface area contributed by atoms with Crippen molar-refractivity contribution in [1.82, 2.24) is 9.97 Å². The standard InChI is InChI=1S/C14H15N3O3/c1-20-12-5-3-2-4-10(12)6-8-15-14-16-9-7-11(17-14)13(18)19/h2-5,7,9H,6,8H2,1H3,(H,18,19)(H,15,16,17). The van der Waals surface area contributed by atoms with Crippen molar-refractivity contribution in [3.8, 4) is 5.75 Å². The molecule has 6 nitrogen and oxygen atoms in total. The first kappa shape index (κ1) is 13.8. The number of rotatable bonds is 6. The molecule has 1 heterocycles. The van der Waals surface area contributed by atoms with Gasteiger partial charge in [-0.25, -0.2) is 14.8 Å². The topological polar surface area (TPSA) is 84.3 Å². The summed E-state index contributed by atoms with van der Waals surface area (Å²) in [5.74, 6) is 0.0643. The molecule has 0 fully saturated rings. The lowest BCUT2D eigenvalue weighted by Crippen LogP contribution is -2.10. The van der Waals surface area contributed by atoms with Gasteiger partial charge in [0.1, 0.15) is 5.75 Å². The van der Waals surface area contributed by atoms with E-state index in [-0.39, 0.29) is 5.69 Å². The average molecular weight is 273 g/mol. The van der Waals surface area contributed by atoms with Crippen molar-refractivity contribution < 1.29 is 14.6 Å². The molecule has 6 heteroatoms. The summed E-state index contributed by atoms with van der Waals surface area (Å²) in [5, 5.41) is 11.8. The summed E-state index contributed by atoms with van der Waals surface area (Å²) in [6.45, 7) is 0.587. The number of aromatic carboxylic acids is 1. The van der Waals surface area contributed by atoms with Crippen LogP contribution in [0.2, 0.25) is 0 Å². The Hall–Kier alpha value is -2.63. The zero-order valence-electron chi connectivity index (χ0n) is 11.0. The van der Waals surface area contributed by atoms with Crippen LogP contribution in [0.3, 0.4) is 0 Å². The Bertz CT molecular complexity index is 602. The molecule has 0 aliphatic rings. The van der Waals surface area contributed by atoms with E-state index in [1.54, 1.807) is 7.11 Å². The third-order valence-corrected chi connectivity index (χ3v) is 2.74. The molecule has 2 aromatic rings. The highest BCUT2D eigenvalue weighted by atomic mass is 16.5. The molecule has 0 unspecified atom stereocenters. The number of anilines is 1. The fourth-order valence-corrected chi connectivity index (χ4v) is 1.78. The van der Waals surface area contributed by atoms with Crippen LogP contribution < -0.4 is 10.1 Å². The molecule has 0 aliphatic carbocycles. The summed E-state index contributed by atoms with van der Waals surface area (Å²) in [4.78, 5) is 18.7. The van der Waals surface area contributed by atoms with Gasteiger partial charge >= 0.3 is 5.97 Å². The second kappa shape index (κ2) is 6.51. The van der Waals surface area contributed by atoms with Gasteiger partial charge in [0.05, 0.1) is 7.11 Å². The Kier molecular flexibility index (Phi) is 4.49. The summed E-state index contributed by atoms with van der Waals surface area (Å²) >= 11 is 0. The minimum absolute atomic E-state index is 0.0280. The van der Waals surface area contributed by atoms with Gasteiger partial charge in [0, 0.05) is 12.7 Å². The maximum atomic E-state index is 10.8. The van der Waals surface area contributed by atoms with Crippen LogP contribution in [0.1, 0.15) is 16.1 Å². The van der Waals surface area contributed by atoms with Crippen LogP contribution in [0, 0.1) is 0 Å². The Morgan fingerprint density at radius 2 is 2.15 bits per heavy atom. The Balaban J connectivity index is 1.96. The van der Waals surface area contributed by atoms with E-state index >= 15 is 0 Å². The third-order valence-electron chi connectivity index (χ3n) is 2.74.